The molecule has 38 heavy (non-hydrogen) atoms. The Morgan fingerprint density at radius 2 is 1.74 bits per heavy atom. The van der Waals surface area contributed by atoms with Gasteiger partial charge in [-0.05, 0) is 117 Å². The highest BCUT2D eigenvalue weighted by molar-refractivity contribution is 5.80. The molecule has 0 unspecified atom stereocenters. The Balaban J connectivity index is 1.29. The molecule has 1 amide bonds. The van der Waals surface area contributed by atoms with Crippen LogP contribution in [0.1, 0.15) is 88.8 Å². The number of carbonyl (C=O) groups is 1. The van der Waals surface area contributed by atoms with Crippen molar-refractivity contribution < 1.29 is 22.7 Å². The second-order valence-electron chi connectivity index (χ2n) is 12.9. The first-order chi connectivity index (χ1) is 18.0. The summed E-state index contributed by atoms with van der Waals surface area (Å²) in [4.78, 5) is 15.8. The maximum absolute atomic E-state index is 13.9. The first-order valence-electron chi connectivity index (χ1n) is 14.3. The molecule has 0 N–H and O–H groups in total. The Hall–Kier alpha value is -2.07. The average molecular weight is 531 g/mol. The molecule has 0 bridgehead atoms. The number of amides is 1. The van der Waals surface area contributed by atoms with Crippen LogP contribution in [0.15, 0.2) is 24.3 Å². The van der Waals surface area contributed by atoms with Crippen LogP contribution in [0.3, 0.4) is 0 Å². The number of nitrogens with zero attached hydrogens (tertiary/aromatic N) is 2. The molecule has 5 rings (SSSR count). The topological polar surface area (TPSA) is 53.3 Å². The summed E-state index contributed by atoms with van der Waals surface area (Å²) in [7, 11) is 3.11. The minimum Gasteiger partial charge on any atom is -0.369 e. The molecule has 1 aromatic rings. The minimum absolute atomic E-state index is 0.0188. The summed E-state index contributed by atoms with van der Waals surface area (Å²) < 4.78 is 46.9. The summed E-state index contributed by atoms with van der Waals surface area (Å²) in [5, 5.41) is 9.09. The Bertz CT molecular complexity index is 1080. The van der Waals surface area contributed by atoms with Gasteiger partial charge in [0, 0.05) is 20.1 Å². The first-order valence-corrected chi connectivity index (χ1v) is 14.3. The van der Waals surface area contributed by atoms with Crippen molar-refractivity contribution in [2.75, 3.05) is 14.2 Å². The molecular weight excluding hydrogens is 489 g/mol. The SMILES string of the molecule is CO[C@]1(C(F)(F)F)CC[C@H]2[C@H](CC[C@@H]3[C@@H]2CC[C@]2(C)[C@@H](C(=O)N(C)[C@H](C)c4ccc(C#N)cc4)CC[C@@H]32)C1. The molecule has 0 heterocycles. The zero-order chi connectivity index (χ0) is 27.5. The van der Waals surface area contributed by atoms with Gasteiger partial charge in [0.25, 0.3) is 0 Å². The Morgan fingerprint density at radius 3 is 2.37 bits per heavy atom. The summed E-state index contributed by atoms with van der Waals surface area (Å²) >= 11 is 0. The van der Waals surface area contributed by atoms with Gasteiger partial charge in [0.15, 0.2) is 5.60 Å². The van der Waals surface area contributed by atoms with E-state index in [1.54, 1.807) is 12.1 Å². The number of halogens is 3. The van der Waals surface area contributed by atoms with Crippen molar-refractivity contribution in [3.8, 4) is 6.07 Å². The van der Waals surface area contributed by atoms with Crippen molar-refractivity contribution in [3.05, 3.63) is 35.4 Å². The van der Waals surface area contributed by atoms with E-state index in [9.17, 15) is 18.0 Å². The number of methoxy groups -OCH3 is 1. The van der Waals surface area contributed by atoms with Gasteiger partial charge in [-0.15, -0.1) is 0 Å². The molecule has 0 saturated heterocycles. The minimum atomic E-state index is -4.32. The lowest BCUT2D eigenvalue weighted by atomic mass is 9.49. The van der Waals surface area contributed by atoms with Gasteiger partial charge >= 0.3 is 6.18 Å². The number of benzene rings is 1. The number of hydrogen-bond donors (Lipinski definition) is 0. The summed E-state index contributed by atoms with van der Waals surface area (Å²) in [6.45, 7) is 4.35. The van der Waals surface area contributed by atoms with E-state index in [0.29, 0.717) is 35.7 Å². The second kappa shape index (κ2) is 9.84. The van der Waals surface area contributed by atoms with Crippen molar-refractivity contribution in [2.24, 2.45) is 40.9 Å². The van der Waals surface area contributed by atoms with Crippen molar-refractivity contribution in [1.82, 2.24) is 4.90 Å². The van der Waals surface area contributed by atoms with Crippen LogP contribution in [0, 0.1) is 52.3 Å². The highest BCUT2D eigenvalue weighted by Gasteiger charge is 2.63. The molecule has 208 valence electrons. The van der Waals surface area contributed by atoms with Gasteiger partial charge in [-0.25, -0.2) is 0 Å². The number of fused-ring (bicyclic) bond motifs is 5. The molecule has 0 radical (unpaired) electrons. The van der Waals surface area contributed by atoms with E-state index < -0.39 is 11.8 Å². The lowest BCUT2D eigenvalue weighted by Gasteiger charge is -2.57. The maximum atomic E-state index is 13.9. The van der Waals surface area contributed by atoms with Crippen LogP contribution in [0.4, 0.5) is 13.2 Å². The lowest BCUT2D eigenvalue weighted by Crippen LogP contribution is -2.56. The summed E-state index contributed by atoms with van der Waals surface area (Å²) in [5.74, 6) is 2.05. The van der Waals surface area contributed by atoms with E-state index in [1.807, 2.05) is 31.0 Å². The molecule has 0 spiro atoms. The van der Waals surface area contributed by atoms with Crippen LogP contribution in [0.2, 0.25) is 0 Å². The van der Waals surface area contributed by atoms with Gasteiger partial charge in [0.1, 0.15) is 0 Å². The van der Waals surface area contributed by atoms with Crippen LogP contribution >= 0.6 is 0 Å². The molecule has 4 aliphatic carbocycles. The third-order valence-electron chi connectivity index (χ3n) is 11.6. The molecule has 4 saturated carbocycles. The number of nitriles is 1. The maximum Gasteiger partial charge on any atom is 0.417 e. The standard InChI is InChI=1S/C31H41F3N2O2/c1-19(21-7-5-20(18-35)6-8-21)36(3)28(37)27-12-11-26-25-10-9-22-17-30(38-4,31(32,33)34)16-14-23(22)24(25)13-15-29(26,27)2/h5-8,19,22-27H,9-17H2,1-4H3/t19-,22-,23+,24-,25-,26+,27-,29+,30-/m1/s1. The number of hydrogen-bond acceptors (Lipinski definition) is 3. The van der Waals surface area contributed by atoms with E-state index in [0.717, 1.165) is 44.1 Å². The zero-order valence-corrected chi connectivity index (χ0v) is 23.1. The van der Waals surface area contributed by atoms with Gasteiger partial charge in [-0.2, -0.15) is 18.4 Å². The third-order valence-corrected chi connectivity index (χ3v) is 11.6. The van der Waals surface area contributed by atoms with E-state index in [2.05, 4.69) is 13.0 Å². The van der Waals surface area contributed by atoms with Crippen LogP contribution in [-0.4, -0.2) is 36.7 Å². The predicted molar refractivity (Wildman–Crippen MR) is 139 cm³/mol. The molecule has 0 aromatic heterocycles. The largest absolute Gasteiger partial charge is 0.417 e. The Labute approximate surface area is 224 Å². The van der Waals surface area contributed by atoms with E-state index in [4.69, 9.17) is 10.00 Å². The molecular formula is C31H41F3N2O2. The van der Waals surface area contributed by atoms with E-state index in [1.165, 1.54) is 7.11 Å². The summed E-state index contributed by atoms with van der Waals surface area (Å²) in [5.41, 5.74) is -0.409. The summed E-state index contributed by atoms with van der Waals surface area (Å²) in [6.07, 6.45) is 2.17. The van der Waals surface area contributed by atoms with Crippen molar-refractivity contribution in [1.29, 1.82) is 5.26 Å². The molecule has 1 aromatic carbocycles. The Kier molecular flexibility index (Phi) is 7.12. The molecule has 7 heteroatoms. The number of carbonyl (C=O) groups excluding carboxylic acids is 1. The predicted octanol–water partition coefficient (Wildman–Crippen LogP) is 7.29. The normalized spacial score (nSPS) is 39.3. The number of alkyl halides is 3. The molecule has 0 aliphatic heterocycles. The van der Waals surface area contributed by atoms with Crippen LogP contribution in [-0.2, 0) is 9.53 Å². The fourth-order valence-electron chi connectivity index (χ4n) is 9.32. The third kappa shape index (κ3) is 4.26. The second-order valence-corrected chi connectivity index (χ2v) is 12.9. The number of rotatable bonds is 4. The smallest absolute Gasteiger partial charge is 0.369 e. The van der Waals surface area contributed by atoms with E-state index >= 15 is 0 Å². The van der Waals surface area contributed by atoms with Gasteiger partial charge in [0.2, 0.25) is 5.91 Å². The monoisotopic (exact) mass is 530 g/mol. The quantitative estimate of drug-likeness (QED) is 0.411. The lowest BCUT2D eigenvalue weighted by molar-refractivity contribution is -0.291. The zero-order valence-electron chi connectivity index (χ0n) is 23.1. The highest BCUT2D eigenvalue weighted by atomic mass is 19.4. The molecule has 4 nitrogen and oxygen atoms in total. The fourth-order valence-corrected chi connectivity index (χ4v) is 9.32. The summed E-state index contributed by atoms with van der Waals surface area (Å²) in [6, 6.07) is 9.51. The van der Waals surface area contributed by atoms with Gasteiger partial charge < -0.3 is 9.64 Å². The van der Waals surface area contributed by atoms with Gasteiger partial charge in [0.05, 0.1) is 17.7 Å². The van der Waals surface area contributed by atoms with Crippen LogP contribution in [0.25, 0.3) is 0 Å². The molecule has 4 fully saturated rings. The molecule has 9 atom stereocenters. The van der Waals surface area contributed by atoms with Crippen molar-refractivity contribution in [2.45, 2.75) is 89.5 Å². The van der Waals surface area contributed by atoms with Crippen molar-refractivity contribution in [3.63, 3.8) is 0 Å². The van der Waals surface area contributed by atoms with E-state index in [-0.39, 0.29) is 42.0 Å². The van der Waals surface area contributed by atoms with Gasteiger partial charge in [-0.1, -0.05) is 19.1 Å². The molecule has 4 aliphatic rings. The highest BCUT2D eigenvalue weighted by Crippen LogP contribution is 2.65. The van der Waals surface area contributed by atoms with Crippen LogP contribution < -0.4 is 0 Å². The number of ether oxygens (including phenoxy) is 1. The fraction of sp³-hybridized carbons (Fsp3) is 0.742. The Morgan fingerprint density at radius 1 is 1.05 bits per heavy atom. The first kappa shape index (κ1) is 27.5. The average Bonchev–Trinajstić information content (AvgIpc) is 3.27. The van der Waals surface area contributed by atoms with Crippen LogP contribution in [0.5, 0.6) is 0 Å². The van der Waals surface area contributed by atoms with Gasteiger partial charge in [-0.3, -0.25) is 4.79 Å². The van der Waals surface area contributed by atoms with Crippen molar-refractivity contribution >= 4 is 5.91 Å².